The second kappa shape index (κ2) is 19.5. The first-order valence-corrected chi connectivity index (χ1v) is 21.5. The number of aromatic nitrogens is 1. The number of hydrogen-bond acceptors (Lipinski definition) is 4. The monoisotopic (exact) mass is 939 g/mol. The summed E-state index contributed by atoms with van der Waals surface area (Å²) >= 11 is 1.91. The quantitative estimate of drug-likeness (QED) is 0.0727. The van der Waals surface area contributed by atoms with Crippen LogP contribution in [0.2, 0.25) is 0 Å². The van der Waals surface area contributed by atoms with Crippen LogP contribution in [0.4, 0.5) is 0 Å². The van der Waals surface area contributed by atoms with Crippen molar-refractivity contribution in [1.82, 2.24) is 4.98 Å². The molecule has 0 fully saturated rings. The zero-order chi connectivity index (χ0) is 40.1. The number of benzene rings is 3. The van der Waals surface area contributed by atoms with E-state index in [2.05, 4.69) is 124 Å². The van der Waals surface area contributed by atoms with E-state index >= 15 is 0 Å². The van der Waals surface area contributed by atoms with E-state index < -0.39 is 0 Å². The minimum atomic E-state index is 0. The number of aliphatic hydroxyl groups excluding tert-OH is 1. The topological polar surface area (TPSA) is 50.2 Å². The van der Waals surface area contributed by atoms with E-state index in [-0.39, 0.29) is 54.3 Å². The Morgan fingerprint density at radius 2 is 1.36 bits per heavy atom. The van der Waals surface area contributed by atoms with Gasteiger partial charge in [-0.3, -0.25) is 9.78 Å². The van der Waals surface area contributed by atoms with Crippen molar-refractivity contribution in [3.63, 3.8) is 0 Å². The summed E-state index contributed by atoms with van der Waals surface area (Å²) < 4.78 is 2.66. The van der Waals surface area contributed by atoms with Crippen molar-refractivity contribution in [3.8, 4) is 11.3 Å². The van der Waals surface area contributed by atoms with Crippen LogP contribution in [0.25, 0.3) is 42.2 Å². The molecule has 0 saturated carbocycles. The van der Waals surface area contributed by atoms with Gasteiger partial charge in [0.2, 0.25) is 0 Å². The van der Waals surface area contributed by atoms with Gasteiger partial charge in [0.1, 0.15) is 0 Å². The fourth-order valence-electron chi connectivity index (χ4n) is 9.32. The van der Waals surface area contributed by atoms with Crippen molar-refractivity contribution in [3.05, 3.63) is 89.3 Å². The number of rotatable bonds is 13. The van der Waals surface area contributed by atoms with Gasteiger partial charge in [-0.15, -0.1) is 34.9 Å². The number of pyridine rings is 1. The van der Waals surface area contributed by atoms with E-state index in [1.165, 1.54) is 53.7 Å². The Morgan fingerprint density at radius 3 is 1.91 bits per heavy atom. The van der Waals surface area contributed by atoms with E-state index in [0.29, 0.717) is 17.8 Å². The Labute approximate surface area is 351 Å². The maximum atomic E-state index is 11.7. The molecule has 3 aromatic carbocycles. The number of hydrogen-bond donors (Lipinski definition) is 1. The molecule has 301 valence electrons. The number of carbonyl (C=O) groups excluding carboxylic acids is 1. The third-order valence-electron chi connectivity index (χ3n) is 12.1. The summed E-state index contributed by atoms with van der Waals surface area (Å²) in [6.07, 6.45) is 7.98. The molecule has 2 aromatic heterocycles. The van der Waals surface area contributed by atoms with Gasteiger partial charge in [0.05, 0.1) is 5.76 Å². The second-order valence-electron chi connectivity index (χ2n) is 17.6. The first kappa shape index (κ1) is 46.5. The first-order chi connectivity index (χ1) is 25.5. The Balaban J connectivity index is 0.000000433. The van der Waals surface area contributed by atoms with Crippen molar-refractivity contribution in [2.75, 3.05) is 0 Å². The summed E-state index contributed by atoms with van der Waals surface area (Å²) in [5.41, 5.74) is 6.77. The number of fused-ring (bicyclic) bond motifs is 4. The first-order valence-electron chi connectivity index (χ1n) is 20.7. The Hall–Kier alpha value is -2.85. The van der Waals surface area contributed by atoms with E-state index in [1.54, 1.807) is 0 Å². The van der Waals surface area contributed by atoms with Crippen LogP contribution in [0.5, 0.6) is 0 Å². The van der Waals surface area contributed by atoms with E-state index in [1.807, 2.05) is 45.2 Å². The zero-order valence-corrected chi connectivity index (χ0v) is 39.5. The zero-order valence-electron chi connectivity index (χ0n) is 36.2. The number of aryl methyl sites for hydroxylation is 1. The number of nitrogens with zero attached hydrogens (tertiary/aromatic N) is 1. The van der Waals surface area contributed by atoms with Crippen molar-refractivity contribution in [1.29, 1.82) is 0 Å². The molecule has 0 spiro atoms. The van der Waals surface area contributed by atoms with Crippen LogP contribution in [0.1, 0.15) is 132 Å². The number of thiophene rings is 1. The molecular formula is C50H68IrNO2S-. The predicted molar refractivity (Wildman–Crippen MR) is 237 cm³/mol. The largest absolute Gasteiger partial charge is 0.512 e. The van der Waals surface area contributed by atoms with Crippen LogP contribution in [-0.2, 0) is 36.7 Å². The van der Waals surface area contributed by atoms with Crippen LogP contribution in [-0.4, -0.2) is 15.9 Å². The average molecular weight is 939 g/mol. The van der Waals surface area contributed by atoms with Gasteiger partial charge in [-0.1, -0.05) is 137 Å². The smallest absolute Gasteiger partial charge is 0.162 e. The minimum Gasteiger partial charge on any atom is -0.512 e. The van der Waals surface area contributed by atoms with Gasteiger partial charge in [-0.25, -0.2) is 0 Å². The van der Waals surface area contributed by atoms with E-state index in [9.17, 15) is 9.90 Å². The molecule has 0 aliphatic heterocycles. The minimum absolute atomic E-state index is 0. The van der Waals surface area contributed by atoms with Crippen molar-refractivity contribution in [2.45, 2.75) is 134 Å². The summed E-state index contributed by atoms with van der Waals surface area (Å²) in [7, 11) is 0. The maximum Gasteiger partial charge on any atom is 0.162 e. The van der Waals surface area contributed by atoms with E-state index in [4.69, 9.17) is 4.98 Å². The fraction of sp³-hybridized carbons (Fsp3) is 0.520. The molecular weight excluding hydrogens is 871 g/mol. The molecule has 0 bridgehead atoms. The number of carbonyl (C=O) groups is 1. The molecule has 5 rings (SSSR count). The molecule has 1 N–H and O–H groups in total. The van der Waals surface area contributed by atoms with Crippen molar-refractivity contribution >= 4 is 48.1 Å². The number of aliphatic hydroxyl groups is 1. The number of allylic oxidation sites excluding steroid dienone is 2. The third kappa shape index (κ3) is 9.82. The SMILES string of the molecule is CCC(CC)C(=O)/C=C(\O)C(CC)CC.Cc1c(CC(C)(C)C)ccc2c1sc1c(-c3[c-]c4ccccc4c(C(C(C)C)(C(C)C)C(C)C)c3)nccc12.[Ir]. The molecule has 2 heterocycles. The molecule has 0 unspecified atom stereocenters. The molecule has 0 aliphatic carbocycles. The van der Waals surface area contributed by atoms with Gasteiger partial charge in [0.15, 0.2) is 5.78 Å². The van der Waals surface area contributed by atoms with Gasteiger partial charge in [-0.2, -0.15) is 0 Å². The van der Waals surface area contributed by atoms with Gasteiger partial charge >= 0.3 is 0 Å². The van der Waals surface area contributed by atoms with E-state index in [0.717, 1.165) is 43.4 Å². The molecule has 5 aromatic rings. The summed E-state index contributed by atoms with van der Waals surface area (Å²) in [5.74, 6) is 2.03. The molecule has 5 heteroatoms. The Morgan fingerprint density at radius 1 is 0.800 bits per heavy atom. The van der Waals surface area contributed by atoms with Crippen LogP contribution >= 0.6 is 11.3 Å². The second-order valence-corrected chi connectivity index (χ2v) is 18.7. The number of ketones is 1. The third-order valence-corrected chi connectivity index (χ3v) is 13.4. The van der Waals surface area contributed by atoms with Gasteiger partial charge < -0.3 is 5.11 Å². The van der Waals surface area contributed by atoms with Crippen molar-refractivity contribution < 1.29 is 30.0 Å². The van der Waals surface area contributed by atoms with Crippen LogP contribution < -0.4 is 0 Å². The fourth-order valence-corrected chi connectivity index (χ4v) is 10.6. The van der Waals surface area contributed by atoms with Crippen LogP contribution in [0.15, 0.2) is 66.6 Å². The standard InChI is InChI=1S/C37H44NS.C13H24O2.Ir/c1-22(2)37(23(3)4,24(5)6)32-20-28(19-26-13-11-12-14-29(26)32)33-35-31(17-18-38-33)30-16-15-27(21-36(8,9)10)25(7)34(30)39-35;1-5-10(6-2)12(14)9-13(15)11(7-3)8-4;/h11-18,20,22-24H,21H2,1-10H3;9-11,14H,5-8H2,1-4H3;/q-1;;/b;12-9-;. The maximum absolute atomic E-state index is 11.7. The van der Waals surface area contributed by atoms with Crippen LogP contribution in [0, 0.1) is 48.0 Å². The predicted octanol–water partition coefficient (Wildman–Crippen LogP) is 15.0. The Kier molecular flexibility index (Phi) is 16.5. The molecule has 1 radical (unpaired) electrons. The Bertz CT molecular complexity index is 2050. The summed E-state index contributed by atoms with van der Waals surface area (Å²) in [4.78, 5) is 16.7. The molecule has 0 aliphatic rings. The summed E-state index contributed by atoms with van der Waals surface area (Å²) in [6.45, 7) is 31.7. The molecule has 0 atom stereocenters. The summed E-state index contributed by atoms with van der Waals surface area (Å²) in [5, 5.41) is 14.9. The van der Waals surface area contributed by atoms with Gasteiger partial charge in [0, 0.05) is 64.7 Å². The molecule has 0 amide bonds. The van der Waals surface area contributed by atoms with Crippen LogP contribution in [0.3, 0.4) is 0 Å². The average Bonchev–Trinajstić information content (AvgIpc) is 3.49. The molecule has 0 saturated heterocycles. The summed E-state index contributed by atoms with van der Waals surface area (Å²) in [6, 6.07) is 22.0. The molecule has 55 heavy (non-hydrogen) atoms. The normalized spacial score (nSPS) is 12.7. The van der Waals surface area contributed by atoms with Gasteiger partial charge in [0.25, 0.3) is 0 Å². The van der Waals surface area contributed by atoms with Gasteiger partial charge in [-0.05, 0) is 90.2 Å². The molecule has 3 nitrogen and oxygen atoms in total. The van der Waals surface area contributed by atoms with Crippen molar-refractivity contribution in [2.24, 2.45) is 35.0 Å².